The smallest absolute Gasteiger partial charge is 0.153 e. The summed E-state index contributed by atoms with van der Waals surface area (Å²) in [5.74, 6) is 1.40. The maximum absolute atomic E-state index is 11.7. The summed E-state index contributed by atoms with van der Waals surface area (Å²) in [7, 11) is -2.83. The topological polar surface area (TPSA) is 40.6 Å². The average molecular weight is 288 g/mol. The highest BCUT2D eigenvalue weighted by atomic mass is 32.2. The van der Waals surface area contributed by atoms with Crippen molar-refractivity contribution in [3.8, 4) is 0 Å². The maximum Gasteiger partial charge on any atom is 0.153 e. The molecule has 2 rings (SSSR count). The molecule has 112 valence electrons. The van der Waals surface area contributed by atoms with E-state index in [0.29, 0.717) is 24.1 Å². The van der Waals surface area contributed by atoms with Gasteiger partial charge >= 0.3 is 0 Å². The molecule has 0 aromatic heterocycles. The molecule has 0 bridgehead atoms. The fraction of sp³-hybridized carbons (Fsp3) is 1.00. The number of hydrogen-bond donors (Lipinski definition) is 0. The van der Waals surface area contributed by atoms with E-state index in [1.54, 1.807) is 0 Å². The lowest BCUT2D eigenvalue weighted by Gasteiger charge is -2.53. The van der Waals surface area contributed by atoms with E-state index in [4.69, 9.17) is 0 Å². The molecule has 5 heteroatoms. The second-order valence-electron chi connectivity index (χ2n) is 7.19. The van der Waals surface area contributed by atoms with Crippen LogP contribution in [0.25, 0.3) is 0 Å². The fourth-order valence-corrected chi connectivity index (χ4v) is 5.13. The van der Waals surface area contributed by atoms with Crippen molar-refractivity contribution in [1.29, 1.82) is 0 Å². The Hall–Kier alpha value is -0.130. The molecule has 0 N–H and O–H groups in total. The van der Waals surface area contributed by atoms with E-state index in [2.05, 4.69) is 37.5 Å². The van der Waals surface area contributed by atoms with E-state index in [-0.39, 0.29) is 5.54 Å². The van der Waals surface area contributed by atoms with Crippen molar-refractivity contribution in [2.45, 2.75) is 45.7 Å². The molecule has 0 amide bonds. The van der Waals surface area contributed by atoms with Crippen molar-refractivity contribution in [2.24, 2.45) is 5.92 Å². The van der Waals surface area contributed by atoms with Crippen molar-refractivity contribution >= 4 is 9.84 Å². The molecule has 2 heterocycles. The summed E-state index contributed by atoms with van der Waals surface area (Å²) in [4.78, 5) is 4.91. The highest BCUT2D eigenvalue weighted by Gasteiger charge is 2.44. The van der Waals surface area contributed by atoms with E-state index in [9.17, 15) is 8.42 Å². The fourth-order valence-electron chi connectivity index (χ4n) is 3.27. The van der Waals surface area contributed by atoms with Gasteiger partial charge in [-0.2, -0.15) is 0 Å². The molecule has 0 saturated carbocycles. The van der Waals surface area contributed by atoms with Crippen molar-refractivity contribution in [2.75, 3.05) is 37.7 Å². The minimum atomic E-state index is -2.83. The van der Waals surface area contributed by atoms with Crippen LogP contribution in [0, 0.1) is 5.92 Å². The SMILES string of the molecule is CC(C)CCN1CC(N2CCS(=O)(=O)CC2(C)C)C1. The summed E-state index contributed by atoms with van der Waals surface area (Å²) in [6, 6.07) is 0.553. The van der Waals surface area contributed by atoms with E-state index >= 15 is 0 Å². The predicted molar refractivity (Wildman–Crippen MR) is 79.1 cm³/mol. The number of sulfone groups is 1. The van der Waals surface area contributed by atoms with Gasteiger partial charge in [0.05, 0.1) is 11.5 Å². The Morgan fingerprint density at radius 1 is 1.26 bits per heavy atom. The quantitative estimate of drug-likeness (QED) is 0.780. The maximum atomic E-state index is 11.7. The first-order valence-corrected chi connectivity index (χ1v) is 9.21. The van der Waals surface area contributed by atoms with Crippen LogP contribution in [0.4, 0.5) is 0 Å². The van der Waals surface area contributed by atoms with Crippen LogP contribution in [0.1, 0.15) is 34.1 Å². The molecule has 0 spiro atoms. The van der Waals surface area contributed by atoms with Gasteiger partial charge in [-0.3, -0.25) is 4.90 Å². The largest absolute Gasteiger partial charge is 0.300 e. The van der Waals surface area contributed by atoms with Crippen LogP contribution in [0.15, 0.2) is 0 Å². The van der Waals surface area contributed by atoms with Gasteiger partial charge in [-0.1, -0.05) is 13.8 Å². The zero-order valence-electron chi connectivity index (χ0n) is 12.7. The minimum absolute atomic E-state index is 0.202. The van der Waals surface area contributed by atoms with E-state index < -0.39 is 9.84 Å². The third-order valence-corrected chi connectivity index (χ3v) is 6.35. The van der Waals surface area contributed by atoms with Crippen molar-refractivity contribution in [3.63, 3.8) is 0 Å². The lowest BCUT2D eigenvalue weighted by molar-refractivity contribution is -0.0158. The molecule has 0 radical (unpaired) electrons. The van der Waals surface area contributed by atoms with Gasteiger partial charge in [0.2, 0.25) is 0 Å². The predicted octanol–water partition coefficient (Wildman–Crippen LogP) is 1.23. The molecule has 2 saturated heterocycles. The van der Waals surface area contributed by atoms with E-state index in [0.717, 1.165) is 19.0 Å². The lowest BCUT2D eigenvalue weighted by atomic mass is 9.97. The summed E-state index contributed by atoms with van der Waals surface area (Å²) in [5, 5.41) is 0. The van der Waals surface area contributed by atoms with Crippen molar-refractivity contribution in [3.05, 3.63) is 0 Å². The monoisotopic (exact) mass is 288 g/mol. The van der Waals surface area contributed by atoms with Gasteiger partial charge in [0.1, 0.15) is 0 Å². The molecule has 0 aromatic rings. The Kier molecular flexibility index (Phi) is 4.29. The first kappa shape index (κ1) is 15.3. The van der Waals surface area contributed by atoms with Gasteiger partial charge < -0.3 is 4.90 Å². The molecule has 0 aromatic carbocycles. The third kappa shape index (κ3) is 3.70. The summed E-state index contributed by atoms with van der Waals surface area (Å²) < 4.78 is 23.5. The van der Waals surface area contributed by atoms with Gasteiger partial charge in [0.25, 0.3) is 0 Å². The number of nitrogens with zero attached hydrogens (tertiary/aromatic N) is 2. The Balaban J connectivity index is 1.85. The van der Waals surface area contributed by atoms with Crippen molar-refractivity contribution in [1.82, 2.24) is 9.80 Å². The summed E-state index contributed by atoms with van der Waals surface area (Å²) >= 11 is 0. The van der Waals surface area contributed by atoms with Crippen LogP contribution in [0.5, 0.6) is 0 Å². The van der Waals surface area contributed by atoms with Crippen molar-refractivity contribution < 1.29 is 8.42 Å². The van der Waals surface area contributed by atoms with Gasteiger partial charge in [-0.25, -0.2) is 8.42 Å². The lowest BCUT2D eigenvalue weighted by Crippen LogP contribution is -2.68. The van der Waals surface area contributed by atoms with Crippen LogP contribution in [0.2, 0.25) is 0 Å². The Labute approximate surface area is 118 Å². The normalized spacial score (nSPS) is 28.5. The second kappa shape index (κ2) is 5.34. The molecule has 2 aliphatic rings. The number of rotatable bonds is 4. The van der Waals surface area contributed by atoms with E-state index in [1.165, 1.54) is 13.0 Å². The van der Waals surface area contributed by atoms with Crippen LogP contribution in [-0.2, 0) is 9.84 Å². The van der Waals surface area contributed by atoms with Gasteiger partial charge in [0, 0.05) is 31.2 Å². The summed E-state index contributed by atoms with van der Waals surface area (Å²) in [6.07, 6.45) is 1.25. The zero-order valence-corrected chi connectivity index (χ0v) is 13.5. The van der Waals surface area contributed by atoms with Crippen LogP contribution in [0.3, 0.4) is 0 Å². The molecule has 0 aliphatic carbocycles. The van der Waals surface area contributed by atoms with Gasteiger partial charge in [-0.15, -0.1) is 0 Å². The van der Waals surface area contributed by atoms with Gasteiger partial charge in [-0.05, 0) is 32.7 Å². The summed E-state index contributed by atoms with van der Waals surface area (Å²) in [6.45, 7) is 12.8. The average Bonchev–Trinajstić information content (AvgIpc) is 2.15. The highest BCUT2D eigenvalue weighted by Crippen LogP contribution is 2.28. The van der Waals surface area contributed by atoms with Crippen LogP contribution < -0.4 is 0 Å². The molecule has 0 unspecified atom stereocenters. The number of hydrogen-bond acceptors (Lipinski definition) is 4. The Morgan fingerprint density at radius 2 is 1.89 bits per heavy atom. The first-order valence-electron chi connectivity index (χ1n) is 7.39. The molecule has 0 atom stereocenters. The Morgan fingerprint density at radius 3 is 2.42 bits per heavy atom. The second-order valence-corrected chi connectivity index (χ2v) is 9.38. The third-order valence-electron chi connectivity index (χ3n) is 4.40. The molecular formula is C14H28N2O2S. The van der Waals surface area contributed by atoms with Crippen LogP contribution >= 0.6 is 0 Å². The molecule has 2 aliphatic heterocycles. The van der Waals surface area contributed by atoms with E-state index in [1.807, 2.05) is 0 Å². The number of likely N-dealkylation sites (tertiary alicyclic amines) is 1. The standard InChI is InChI=1S/C14H28N2O2S/c1-12(2)5-6-15-9-13(10-15)16-7-8-19(17,18)11-14(16,3)4/h12-13H,5-11H2,1-4H3. The zero-order chi connectivity index (χ0) is 14.3. The minimum Gasteiger partial charge on any atom is -0.300 e. The molecular weight excluding hydrogens is 260 g/mol. The first-order chi connectivity index (χ1) is 8.70. The molecule has 4 nitrogen and oxygen atoms in total. The van der Waals surface area contributed by atoms with Crippen LogP contribution in [-0.4, -0.2) is 67.5 Å². The molecule has 2 fully saturated rings. The summed E-state index contributed by atoms with van der Waals surface area (Å²) in [5.41, 5.74) is -0.202. The molecule has 19 heavy (non-hydrogen) atoms. The Bertz CT molecular complexity index is 411. The van der Waals surface area contributed by atoms with Gasteiger partial charge in [0.15, 0.2) is 9.84 Å². The highest BCUT2D eigenvalue weighted by molar-refractivity contribution is 7.91.